The third-order valence-corrected chi connectivity index (χ3v) is 4.37. The average Bonchev–Trinajstić information content (AvgIpc) is 3.13. The topological polar surface area (TPSA) is 96.2 Å². The van der Waals surface area contributed by atoms with Crippen molar-refractivity contribution in [1.82, 2.24) is 9.38 Å². The summed E-state index contributed by atoms with van der Waals surface area (Å²) in [5, 5.41) is 1.73. The molecule has 3 rings (SSSR count). The Morgan fingerprint density at radius 3 is 2.81 bits per heavy atom. The summed E-state index contributed by atoms with van der Waals surface area (Å²) in [4.78, 5) is 40.5. The lowest BCUT2D eigenvalue weighted by atomic mass is 10.1. The van der Waals surface area contributed by atoms with E-state index in [1.54, 1.807) is 11.6 Å². The van der Waals surface area contributed by atoms with Crippen molar-refractivity contribution in [3.63, 3.8) is 0 Å². The molecule has 0 radical (unpaired) electrons. The minimum absolute atomic E-state index is 0.0456. The van der Waals surface area contributed by atoms with E-state index in [0.29, 0.717) is 22.7 Å². The highest BCUT2D eigenvalue weighted by Gasteiger charge is 2.23. The van der Waals surface area contributed by atoms with E-state index in [4.69, 9.17) is 14.2 Å². The summed E-state index contributed by atoms with van der Waals surface area (Å²) in [6, 6.07) is 4.25. The summed E-state index contributed by atoms with van der Waals surface area (Å²) in [5.41, 5.74) is 0.0975. The smallest absolute Gasteiger partial charge is 0.343 e. The van der Waals surface area contributed by atoms with Gasteiger partial charge < -0.3 is 14.2 Å². The number of fused-ring (bicyclic) bond motifs is 1. The van der Waals surface area contributed by atoms with E-state index < -0.39 is 5.97 Å². The summed E-state index contributed by atoms with van der Waals surface area (Å²) in [6.07, 6.45) is 2.14. The van der Waals surface area contributed by atoms with Gasteiger partial charge in [0.15, 0.2) is 22.7 Å². The summed E-state index contributed by atoms with van der Waals surface area (Å²) in [6.45, 7) is -0.221. The molecule has 2 heterocycles. The fourth-order valence-corrected chi connectivity index (χ4v) is 3.16. The van der Waals surface area contributed by atoms with Gasteiger partial charge in [0.1, 0.15) is 12.2 Å². The zero-order chi connectivity index (χ0) is 18.7. The van der Waals surface area contributed by atoms with Crippen molar-refractivity contribution in [3.8, 4) is 11.5 Å². The summed E-state index contributed by atoms with van der Waals surface area (Å²) in [5.74, 6) is -0.388. The first-order valence-corrected chi connectivity index (χ1v) is 8.30. The molecule has 1 aromatic carbocycles. The van der Waals surface area contributed by atoms with E-state index in [1.807, 2.05) is 0 Å². The first-order valence-electron chi connectivity index (χ1n) is 7.42. The number of esters is 1. The number of aldehydes is 1. The largest absolute Gasteiger partial charge is 0.493 e. The van der Waals surface area contributed by atoms with Crippen LogP contribution in [0, 0.1) is 0 Å². The molecule has 0 atom stereocenters. The van der Waals surface area contributed by atoms with Gasteiger partial charge in [-0.3, -0.25) is 14.0 Å². The molecule has 0 aliphatic heterocycles. The van der Waals surface area contributed by atoms with Crippen LogP contribution in [0.15, 0.2) is 34.6 Å². The molecule has 8 nitrogen and oxygen atoms in total. The number of carbonyl (C=O) groups excluding carboxylic acids is 2. The lowest BCUT2D eigenvalue weighted by molar-refractivity contribution is 0.0461. The van der Waals surface area contributed by atoms with Crippen LogP contribution in [0.25, 0.3) is 4.96 Å². The number of nitrogens with zero attached hydrogens (tertiary/aromatic N) is 2. The molecule has 0 spiro atoms. The highest BCUT2D eigenvalue weighted by atomic mass is 32.1. The van der Waals surface area contributed by atoms with Gasteiger partial charge in [-0.05, 0) is 12.1 Å². The maximum absolute atomic E-state index is 12.5. The molecule has 26 heavy (non-hydrogen) atoms. The Balaban J connectivity index is 1.90. The van der Waals surface area contributed by atoms with E-state index in [0.717, 1.165) is 0 Å². The Morgan fingerprint density at radius 2 is 2.12 bits per heavy atom. The normalized spacial score (nSPS) is 10.5. The van der Waals surface area contributed by atoms with Crippen LogP contribution in [0.5, 0.6) is 11.5 Å². The van der Waals surface area contributed by atoms with Gasteiger partial charge >= 0.3 is 5.97 Å². The number of rotatable bonds is 6. The quantitative estimate of drug-likeness (QED) is 0.480. The maximum Gasteiger partial charge on any atom is 0.343 e. The van der Waals surface area contributed by atoms with Crippen LogP contribution in [0.2, 0.25) is 0 Å². The van der Waals surface area contributed by atoms with E-state index >= 15 is 0 Å². The molecule has 2 aromatic heterocycles. The van der Waals surface area contributed by atoms with Gasteiger partial charge in [0.25, 0.3) is 5.56 Å². The minimum atomic E-state index is -0.781. The molecule has 0 saturated carbocycles. The minimum Gasteiger partial charge on any atom is -0.493 e. The fourth-order valence-electron chi connectivity index (χ4n) is 2.42. The Labute approximate surface area is 151 Å². The Bertz CT molecular complexity index is 1040. The Hall–Kier alpha value is -3.20. The molecule has 0 N–H and O–H groups in total. The van der Waals surface area contributed by atoms with Crippen molar-refractivity contribution in [1.29, 1.82) is 0 Å². The first-order chi connectivity index (χ1) is 12.6. The van der Waals surface area contributed by atoms with Crippen LogP contribution in [0.4, 0.5) is 0 Å². The van der Waals surface area contributed by atoms with Crippen molar-refractivity contribution in [3.05, 3.63) is 57.0 Å². The van der Waals surface area contributed by atoms with E-state index in [-0.39, 0.29) is 29.0 Å². The number of thiazole rings is 1. The van der Waals surface area contributed by atoms with Gasteiger partial charge in [-0.1, -0.05) is 0 Å². The van der Waals surface area contributed by atoms with Gasteiger partial charge in [-0.2, -0.15) is 0 Å². The molecule has 3 aromatic rings. The molecule has 0 unspecified atom stereocenters. The van der Waals surface area contributed by atoms with E-state index in [1.165, 1.54) is 48.2 Å². The van der Waals surface area contributed by atoms with E-state index in [2.05, 4.69) is 4.98 Å². The molecule has 0 saturated heterocycles. The third kappa shape index (κ3) is 3.16. The number of carbonyl (C=O) groups is 2. The van der Waals surface area contributed by atoms with Crippen LogP contribution in [-0.4, -0.2) is 35.9 Å². The van der Waals surface area contributed by atoms with Crippen LogP contribution >= 0.6 is 11.3 Å². The number of aromatic nitrogens is 2. The number of methoxy groups -OCH3 is 2. The van der Waals surface area contributed by atoms with Crippen molar-refractivity contribution < 1.29 is 23.8 Å². The zero-order valence-electron chi connectivity index (χ0n) is 13.9. The molecular formula is C17H14N2O6S. The molecule has 0 aliphatic rings. The van der Waals surface area contributed by atoms with Gasteiger partial charge in [0, 0.05) is 23.2 Å². The molecular weight excluding hydrogens is 360 g/mol. The summed E-state index contributed by atoms with van der Waals surface area (Å²) in [7, 11) is 2.78. The van der Waals surface area contributed by atoms with Crippen molar-refractivity contribution >= 4 is 28.6 Å². The molecule has 0 aliphatic carbocycles. The predicted octanol–water partition coefficient (Wildman–Crippen LogP) is 1.94. The Morgan fingerprint density at radius 1 is 1.31 bits per heavy atom. The average molecular weight is 374 g/mol. The molecule has 0 bridgehead atoms. The van der Waals surface area contributed by atoms with Crippen molar-refractivity contribution in [2.45, 2.75) is 6.61 Å². The second-order valence-electron chi connectivity index (χ2n) is 5.10. The third-order valence-electron chi connectivity index (χ3n) is 3.62. The lowest BCUT2D eigenvalue weighted by Crippen LogP contribution is -2.15. The molecule has 134 valence electrons. The summed E-state index contributed by atoms with van der Waals surface area (Å²) < 4.78 is 17.0. The standard InChI is InChI=1S/C17H14N2O6S/c1-23-12-4-3-10(8-20)14(15(12)24-2)16(22)25-9-11-7-13(21)19-5-6-26-17(19)18-11/h3-8H,9H2,1-2H3. The zero-order valence-corrected chi connectivity index (χ0v) is 14.7. The highest BCUT2D eigenvalue weighted by Crippen LogP contribution is 2.33. The van der Waals surface area contributed by atoms with Gasteiger partial charge in [-0.15, -0.1) is 11.3 Å². The second kappa shape index (κ2) is 7.36. The maximum atomic E-state index is 12.5. The van der Waals surface area contributed by atoms with Gasteiger partial charge in [0.05, 0.1) is 19.9 Å². The first kappa shape index (κ1) is 17.6. The highest BCUT2D eigenvalue weighted by molar-refractivity contribution is 7.15. The van der Waals surface area contributed by atoms with Crippen molar-refractivity contribution in [2.75, 3.05) is 14.2 Å². The molecule has 0 fully saturated rings. The van der Waals surface area contributed by atoms with Gasteiger partial charge in [-0.25, -0.2) is 9.78 Å². The lowest BCUT2D eigenvalue weighted by Gasteiger charge is -2.14. The van der Waals surface area contributed by atoms with Crippen LogP contribution in [-0.2, 0) is 11.3 Å². The second-order valence-corrected chi connectivity index (χ2v) is 5.97. The van der Waals surface area contributed by atoms with Crippen molar-refractivity contribution in [2.24, 2.45) is 0 Å². The molecule has 0 amide bonds. The SMILES string of the molecule is COc1ccc(C=O)c(C(=O)OCc2cc(=O)n3ccsc3n2)c1OC. The van der Waals surface area contributed by atoms with Crippen LogP contribution in [0.1, 0.15) is 26.4 Å². The van der Waals surface area contributed by atoms with Crippen LogP contribution < -0.4 is 15.0 Å². The van der Waals surface area contributed by atoms with Gasteiger partial charge in [0.2, 0.25) is 0 Å². The monoisotopic (exact) mass is 374 g/mol. The predicted molar refractivity (Wildman–Crippen MR) is 93.4 cm³/mol. The summed E-state index contributed by atoms with van der Waals surface area (Å²) >= 11 is 1.29. The number of hydrogen-bond acceptors (Lipinski definition) is 8. The fraction of sp³-hybridized carbons (Fsp3) is 0.176. The molecule has 9 heteroatoms. The van der Waals surface area contributed by atoms with Crippen LogP contribution in [0.3, 0.4) is 0 Å². The van der Waals surface area contributed by atoms with E-state index in [9.17, 15) is 14.4 Å². The Kier molecular flexibility index (Phi) is 4.99. The number of benzene rings is 1. The number of hydrogen-bond donors (Lipinski definition) is 0. The number of ether oxygens (including phenoxy) is 3.